The summed E-state index contributed by atoms with van der Waals surface area (Å²) in [5.74, 6) is 0.0895. The van der Waals surface area contributed by atoms with Crippen LogP contribution in [0.4, 0.5) is 5.69 Å². The lowest BCUT2D eigenvalue weighted by Gasteiger charge is -2.29. The monoisotopic (exact) mass is 469 g/mol. The quantitative estimate of drug-likeness (QED) is 0.569. The number of nitrogens with zero attached hydrogens (tertiary/aromatic N) is 5. The van der Waals surface area contributed by atoms with Crippen molar-refractivity contribution in [3.05, 3.63) is 53.7 Å². The Kier molecular flexibility index (Phi) is 5.69. The molecule has 2 aliphatic rings. The molecule has 0 bridgehead atoms. The Morgan fingerprint density at radius 1 is 1.15 bits per heavy atom. The molecule has 1 fully saturated rings. The molecule has 33 heavy (non-hydrogen) atoms. The smallest absolute Gasteiger partial charge is 0.254 e. The van der Waals surface area contributed by atoms with E-state index in [0.717, 1.165) is 42.8 Å². The first-order chi connectivity index (χ1) is 16.0. The Morgan fingerprint density at radius 2 is 1.97 bits per heavy atom. The molecule has 1 saturated heterocycles. The topological polar surface area (TPSA) is 102 Å². The number of hydrogen-bond acceptors (Lipinski definition) is 6. The SMILES string of the molecule is CCCn1nc(-c2cocn2)c2c1CCN(C(=O)c1ccc(N3CCCCS3(=O)=O)cc1)C2. The molecule has 1 aromatic carbocycles. The van der Waals surface area contributed by atoms with Gasteiger partial charge in [0.2, 0.25) is 10.0 Å². The number of carbonyl (C=O) groups is 1. The van der Waals surface area contributed by atoms with Crippen LogP contribution in [0.5, 0.6) is 0 Å². The second-order valence-corrected chi connectivity index (χ2v) is 10.5. The van der Waals surface area contributed by atoms with Gasteiger partial charge in [0.05, 0.1) is 18.0 Å². The number of carbonyl (C=O) groups excluding carboxylic acids is 1. The Bertz CT molecular complexity index is 1250. The molecule has 0 unspecified atom stereocenters. The lowest BCUT2D eigenvalue weighted by atomic mass is 10.0. The van der Waals surface area contributed by atoms with Crippen molar-refractivity contribution >= 4 is 21.6 Å². The third kappa shape index (κ3) is 4.03. The summed E-state index contributed by atoms with van der Waals surface area (Å²) in [7, 11) is -3.28. The summed E-state index contributed by atoms with van der Waals surface area (Å²) in [5, 5.41) is 4.76. The van der Waals surface area contributed by atoms with Gasteiger partial charge >= 0.3 is 0 Å². The Morgan fingerprint density at radius 3 is 2.67 bits per heavy atom. The van der Waals surface area contributed by atoms with Crippen molar-refractivity contribution in [2.45, 2.75) is 45.7 Å². The van der Waals surface area contributed by atoms with Gasteiger partial charge in [-0.25, -0.2) is 13.4 Å². The van der Waals surface area contributed by atoms with Crippen LogP contribution in [0.2, 0.25) is 0 Å². The van der Waals surface area contributed by atoms with E-state index in [1.165, 1.54) is 10.7 Å². The van der Waals surface area contributed by atoms with E-state index >= 15 is 0 Å². The van der Waals surface area contributed by atoms with Gasteiger partial charge in [0.15, 0.2) is 6.39 Å². The summed E-state index contributed by atoms with van der Waals surface area (Å²) < 4.78 is 33.4. The highest BCUT2D eigenvalue weighted by atomic mass is 32.2. The highest BCUT2D eigenvalue weighted by molar-refractivity contribution is 7.92. The zero-order valence-electron chi connectivity index (χ0n) is 18.6. The molecule has 4 heterocycles. The summed E-state index contributed by atoms with van der Waals surface area (Å²) in [6.45, 7) is 4.46. The maximum Gasteiger partial charge on any atom is 0.254 e. The molecular weight excluding hydrogens is 442 g/mol. The molecule has 2 aliphatic heterocycles. The number of rotatable bonds is 5. The maximum atomic E-state index is 13.3. The number of hydrogen-bond donors (Lipinski definition) is 0. The zero-order chi connectivity index (χ0) is 23.0. The van der Waals surface area contributed by atoms with Crippen LogP contribution >= 0.6 is 0 Å². The predicted molar refractivity (Wildman–Crippen MR) is 123 cm³/mol. The Balaban J connectivity index is 1.38. The highest BCUT2D eigenvalue weighted by Gasteiger charge is 2.30. The lowest BCUT2D eigenvalue weighted by Crippen LogP contribution is -2.38. The normalized spacial score (nSPS) is 17.7. The summed E-state index contributed by atoms with van der Waals surface area (Å²) >= 11 is 0. The summed E-state index contributed by atoms with van der Waals surface area (Å²) in [6, 6.07) is 6.89. The fourth-order valence-electron chi connectivity index (χ4n) is 4.63. The van der Waals surface area contributed by atoms with Crippen LogP contribution in [0.3, 0.4) is 0 Å². The number of anilines is 1. The molecule has 0 saturated carbocycles. The van der Waals surface area contributed by atoms with Gasteiger partial charge in [0.25, 0.3) is 5.91 Å². The zero-order valence-corrected chi connectivity index (χ0v) is 19.4. The molecule has 0 aliphatic carbocycles. The molecule has 0 spiro atoms. The summed E-state index contributed by atoms with van der Waals surface area (Å²) in [6.07, 6.45) is 6.18. The first-order valence-electron chi connectivity index (χ1n) is 11.3. The van der Waals surface area contributed by atoms with Gasteiger partial charge in [-0.3, -0.25) is 13.8 Å². The van der Waals surface area contributed by atoms with Crippen LogP contribution in [-0.4, -0.2) is 52.8 Å². The van der Waals surface area contributed by atoms with E-state index in [9.17, 15) is 13.2 Å². The summed E-state index contributed by atoms with van der Waals surface area (Å²) in [4.78, 5) is 19.4. The largest absolute Gasteiger partial charge is 0.451 e. The molecule has 9 nitrogen and oxygen atoms in total. The van der Waals surface area contributed by atoms with E-state index in [0.29, 0.717) is 43.0 Å². The first kappa shape index (κ1) is 21.7. The second kappa shape index (κ2) is 8.66. The van der Waals surface area contributed by atoms with Crippen molar-refractivity contribution in [1.29, 1.82) is 0 Å². The predicted octanol–water partition coefficient (Wildman–Crippen LogP) is 3.08. The van der Waals surface area contributed by atoms with Gasteiger partial charge in [-0.15, -0.1) is 0 Å². The highest BCUT2D eigenvalue weighted by Crippen LogP contribution is 2.31. The fraction of sp³-hybridized carbons (Fsp3) is 0.435. The average Bonchev–Trinajstić information content (AvgIpc) is 3.47. The Hall–Kier alpha value is -3.14. The molecule has 5 rings (SSSR count). The molecule has 0 radical (unpaired) electrons. The van der Waals surface area contributed by atoms with Gasteiger partial charge in [-0.05, 0) is 43.5 Å². The van der Waals surface area contributed by atoms with Gasteiger partial charge < -0.3 is 9.32 Å². The molecule has 10 heteroatoms. The third-order valence-electron chi connectivity index (χ3n) is 6.28. The lowest BCUT2D eigenvalue weighted by molar-refractivity contribution is 0.0733. The van der Waals surface area contributed by atoms with Crippen LogP contribution in [0.15, 0.2) is 41.3 Å². The molecule has 1 amide bonds. The number of benzene rings is 1. The van der Waals surface area contributed by atoms with Gasteiger partial charge in [0.1, 0.15) is 17.7 Å². The first-order valence-corrected chi connectivity index (χ1v) is 13.0. The van der Waals surface area contributed by atoms with Crippen LogP contribution < -0.4 is 4.31 Å². The number of amides is 1. The molecular formula is C23H27N5O4S. The van der Waals surface area contributed by atoms with Crippen molar-refractivity contribution in [1.82, 2.24) is 19.7 Å². The van der Waals surface area contributed by atoms with E-state index in [2.05, 4.69) is 11.9 Å². The molecule has 2 aromatic heterocycles. The maximum absolute atomic E-state index is 13.3. The van der Waals surface area contributed by atoms with E-state index in [4.69, 9.17) is 9.52 Å². The molecule has 0 N–H and O–H groups in total. The minimum Gasteiger partial charge on any atom is -0.451 e. The fourth-order valence-corrected chi connectivity index (χ4v) is 6.27. The van der Waals surface area contributed by atoms with E-state index in [-0.39, 0.29) is 11.7 Å². The minimum absolute atomic E-state index is 0.0805. The van der Waals surface area contributed by atoms with Crippen LogP contribution in [0, 0.1) is 0 Å². The Labute approximate surface area is 193 Å². The second-order valence-electron chi connectivity index (χ2n) is 8.49. The number of fused-ring (bicyclic) bond motifs is 1. The standard InChI is InChI=1S/C23H27N5O4S/c1-2-10-27-21-9-12-26(14-19(21)22(25-27)20-15-32-16-24-20)23(29)17-5-7-18(8-6-17)28-11-3-4-13-33(28,30)31/h5-8,15-16H,2-4,9-14H2,1H3. The number of aromatic nitrogens is 3. The van der Waals surface area contributed by atoms with E-state index < -0.39 is 10.0 Å². The average molecular weight is 470 g/mol. The van der Waals surface area contributed by atoms with Crippen LogP contribution in [0.1, 0.15) is 47.8 Å². The van der Waals surface area contributed by atoms with Gasteiger partial charge in [-0.1, -0.05) is 6.92 Å². The molecule has 0 atom stereocenters. The number of sulfonamides is 1. The number of aryl methyl sites for hydroxylation is 1. The van der Waals surface area contributed by atoms with Crippen molar-refractivity contribution in [2.24, 2.45) is 0 Å². The van der Waals surface area contributed by atoms with Crippen molar-refractivity contribution < 1.29 is 17.6 Å². The van der Waals surface area contributed by atoms with E-state index in [1.54, 1.807) is 30.5 Å². The van der Waals surface area contributed by atoms with Crippen LogP contribution in [-0.2, 0) is 29.5 Å². The summed E-state index contributed by atoms with van der Waals surface area (Å²) in [5.41, 5.74) is 4.73. The third-order valence-corrected chi connectivity index (χ3v) is 8.15. The van der Waals surface area contributed by atoms with Crippen LogP contribution in [0.25, 0.3) is 11.4 Å². The molecule has 3 aromatic rings. The number of oxazole rings is 1. The van der Waals surface area contributed by atoms with Gasteiger partial charge in [0, 0.05) is 42.9 Å². The van der Waals surface area contributed by atoms with Crippen molar-refractivity contribution in [2.75, 3.05) is 23.1 Å². The van der Waals surface area contributed by atoms with Crippen molar-refractivity contribution in [3.8, 4) is 11.4 Å². The van der Waals surface area contributed by atoms with Gasteiger partial charge in [-0.2, -0.15) is 5.10 Å². The minimum atomic E-state index is -3.28. The van der Waals surface area contributed by atoms with Crippen molar-refractivity contribution in [3.63, 3.8) is 0 Å². The molecule has 174 valence electrons. The van der Waals surface area contributed by atoms with E-state index in [1.807, 2.05) is 9.58 Å².